The summed E-state index contributed by atoms with van der Waals surface area (Å²) < 4.78 is 11.6. The van der Waals surface area contributed by atoms with Crippen LogP contribution in [0, 0.1) is 11.3 Å². The lowest BCUT2D eigenvalue weighted by molar-refractivity contribution is -0.299. The third-order valence-corrected chi connectivity index (χ3v) is 4.98. The van der Waals surface area contributed by atoms with Crippen LogP contribution in [0.1, 0.15) is 54.4 Å². The smallest absolute Gasteiger partial charge is 0.303 e. The van der Waals surface area contributed by atoms with Gasteiger partial charge in [-0.25, -0.2) is 0 Å². The van der Waals surface area contributed by atoms with Crippen molar-refractivity contribution in [3.63, 3.8) is 0 Å². The van der Waals surface area contributed by atoms with E-state index in [1.165, 1.54) is 6.92 Å². The largest absolute Gasteiger partial charge is 0.459 e. The standard InChI is InChI=1S/C16H28O5/c1-9(17)20-13-15(5)8-11(18)10(16(13,6)19)7-12(15)21-14(2,3)4/h10-13,18-19H,7-8H2,1-6H3/t10-,11+,12+,13-,15-,16+/m1/s1. The summed E-state index contributed by atoms with van der Waals surface area (Å²) in [5.74, 6) is -0.769. The normalized spacial score (nSPS) is 46.5. The van der Waals surface area contributed by atoms with E-state index in [9.17, 15) is 15.0 Å². The van der Waals surface area contributed by atoms with Crippen molar-refractivity contribution in [3.8, 4) is 0 Å². The van der Waals surface area contributed by atoms with E-state index in [0.717, 1.165) is 0 Å². The molecule has 3 rings (SSSR count). The van der Waals surface area contributed by atoms with Crippen LogP contribution in [0.4, 0.5) is 0 Å². The van der Waals surface area contributed by atoms with Gasteiger partial charge in [0.15, 0.2) is 0 Å². The van der Waals surface area contributed by atoms with Gasteiger partial charge in [-0.15, -0.1) is 0 Å². The minimum atomic E-state index is -1.24. The lowest BCUT2D eigenvalue weighted by atomic mass is 9.51. The van der Waals surface area contributed by atoms with Crippen LogP contribution in [0.25, 0.3) is 0 Å². The molecule has 21 heavy (non-hydrogen) atoms. The fourth-order valence-corrected chi connectivity index (χ4v) is 4.18. The Morgan fingerprint density at radius 1 is 1.29 bits per heavy atom. The second-order valence-corrected chi connectivity index (χ2v) is 8.05. The van der Waals surface area contributed by atoms with Crippen molar-refractivity contribution in [2.24, 2.45) is 11.3 Å². The van der Waals surface area contributed by atoms with Gasteiger partial charge < -0.3 is 19.7 Å². The SMILES string of the molecule is CC(=O)O[C@H]1[C@@](C)(O)[C@@H]2C[C@H](OC(C)(C)C)[C@@]1(C)C[C@@H]2O. The zero-order valence-electron chi connectivity index (χ0n) is 13.8. The molecule has 0 aliphatic heterocycles. The molecule has 0 unspecified atom stereocenters. The van der Waals surface area contributed by atoms with Crippen LogP contribution in [0.15, 0.2) is 0 Å². The van der Waals surface area contributed by atoms with Gasteiger partial charge in [-0.05, 0) is 40.5 Å². The quantitative estimate of drug-likeness (QED) is 0.758. The number of fused-ring (bicyclic) bond motifs is 3. The average Bonchev–Trinajstić information content (AvgIpc) is 2.25. The van der Waals surface area contributed by atoms with Crippen molar-refractivity contribution >= 4 is 5.97 Å². The molecular weight excluding hydrogens is 272 g/mol. The number of carbonyl (C=O) groups excluding carboxylic acids is 1. The van der Waals surface area contributed by atoms with Crippen molar-refractivity contribution in [1.29, 1.82) is 0 Å². The first kappa shape index (κ1) is 16.7. The highest BCUT2D eigenvalue weighted by Gasteiger charge is 2.66. The topological polar surface area (TPSA) is 76.0 Å². The summed E-state index contributed by atoms with van der Waals surface area (Å²) in [5, 5.41) is 21.1. The molecule has 0 amide bonds. The molecular formula is C16H28O5. The molecule has 0 heterocycles. The van der Waals surface area contributed by atoms with Gasteiger partial charge in [0.05, 0.1) is 17.8 Å². The third-order valence-electron chi connectivity index (χ3n) is 4.98. The van der Waals surface area contributed by atoms with Gasteiger partial charge in [-0.1, -0.05) is 6.92 Å². The van der Waals surface area contributed by atoms with E-state index in [2.05, 4.69) is 0 Å². The first-order chi connectivity index (χ1) is 9.38. The molecule has 5 nitrogen and oxygen atoms in total. The Morgan fingerprint density at radius 2 is 1.86 bits per heavy atom. The monoisotopic (exact) mass is 300 g/mol. The van der Waals surface area contributed by atoms with Gasteiger partial charge in [0.2, 0.25) is 0 Å². The fraction of sp³-hybridized carbons (Fsp3) is 0.938. The molecule has 0 spiro atoms. The highest BCUT2D eigenvalue weighted by Crippen LogP contribution is 2.57. The molecule has 2 bridgehead atoms. The lowest BCUT2D eigenvalue weighted by Crippen LogP contribution is -2.72. The fourth-order valence-electron chi connectivity index (χ4n) is 4.18. The molecule has 6 atom stereocenters. The minimum Gasteiger partial charge on any atom is -0.459 e. The molecule has 122 valence electrons. The summed E-state index contributed by atoms with van der Waals surface area (Å²) in [6, 6.07) is 0. The van der Waals surface area contributed by atoms with E-state index in [4.69, 9.17) is 9.47 Å². The van der Waals surface area contributed by atoms with Crippen LogP contribution in [0.2, 0.25) is 0 Å². The molecule has 0 aromatic rings. The highest BCUT2D eigenvalue weighted by molar-refractivity contribution is 5.66. The van der Waals surface area contributed by atoms with E-state index in [1.807, 2.05) is 27.7 Å². The predicted molar refractivity (Wildman–Crippen MR) is 77.6 cm³/mol. The Morgan fingerprint density at radius 3 is 2.33 bits per heavy atom. The number of aliphatic hydroxyl groups excluding tert-OH is 1. The number of rotatable bonds is 2. The van der Waals surface area contributed by atoms with Gasteiger partial charge in [0, 0.05) is 18.3 Å². The summed E-state index contributed by atoms with van der Waals surface area (Å²) in [7, 11) is 0. The Labute approximate surface area is 126 Å². The Bertz CT molecular complexity index is 425. The zero-order chi connectivity index (χ0) is 16.2. The number of hydrogen-bond donors (Lipinski definition) is 2. The Kier molecular flexibility index (Phi) is 3.93. The number of esters is 1. The minimum absolute atomic E-state index is 0.157. The molecule has 0 saturated heterocycles. The van der Waals surface area contributed by atoms with E-state index >= 15 is 0 Å². The van der Waals surface area contributed by atoms with Crippen molar-refractivity contribution < 1.29 is 24.5 Å². The predicted octanol–water partition coefficient (Wildman–Crippen LogP) is 1.64. The van der Waals surface area contributed by atoms with Crippen LogP contribution in [0.5, 0.6) is 0 Å². The number of aliphatic hydroxyl groups is 2. The van der Waals surface area contributed by atoms with Crippen molar-refractivity contribution in [1.82, 2.24) is 0 Å². The summed E-state index contributed by atoms with van der Waals surface area (Å²) in [5.41, 5.74) is -2.17. The molecule has 0 radical (unpaired) electrons. The van der Waals surface area contributed by atoms with Crippen molar-refractivity contribution in [3.05, 3.63) is 0 Å². The molecule has 3 aliphatic rings. The van der Waals surface area contributed by atoms with Crippen LogP contribution in [-0.2, 0) is 14.3 Å². The summed E-state index contributed by atoms with van der Waals surface area (Å²) >= 11 is 0. The lowest BCUT2D eigenvalue weighted by Gasteiger charge is -2.62. The van der Waals surface area contributed by atoms with Crippen LogP contribution >= 0.6 is 0 Å². The molecule has 3 aliphatic carbocycles. The summed E-state index contributed by atoms with van der Waals surface area (Å²) in [6.07, 6.45) is -0.393. The van der Waals surface area contributed by atoms with E-state index < -0.39 is 29.2 Å². The number of carbonyl (C=O) groups is 1. The van der Waals surface area contributed by atoms with E-state index in [-0.39, 0.29) is 17.6 Å². The third kappa shape index (κ3) is 2.83. The second-order valence-electron chi connectivity index (χ2n) is 8.05. The van der Waals surface area contributed by atoms with Gasteiger partial charge in [-0.3, -0.25) is 4.79 Å². The van der Waals surface area contributed by atoms with Gasteiger partial charge in [0.25, 0.3) is 0 Å². The number of ether oxygens (including phenoxy) is 2. The van der Waals surface area contributed by atoms with Gasteiger partial charge in [-0.2, -0.15) is 0 Å². The molecule has 5 heteroatoms. The zero-order valence-corrected chi connectivity index (χ0v) is 13.8. The maximum Gasteiger partial charge on any atom is 0.303 e. The van der Waals surface area contributed by atoms with E-state index in [0.29, 0.717) is 12.8 Å². The molecule has 0 aromatic heterocycles. The maximum atomic E-state index is 11.5. The maximum absolute atomic E-state index is 11.5. The Hall–Kier alpha value is -0.650. The molecule has 0 aromatic carbocycles. The number of hydrogen-bond acceptors (Lipinski definition) is 5. The van der Waals surface area contributed by atoms with Gasteiger partial charge >= 0.3 is 5.97 Å². The van der Waals surface area contributed by atoms with Crippen LogP contribution < -0.4 is 0 Å². The van der Waals surface area contributed by atoms with Crippen molar-refractivity contribution in [2.45, 2.75) is 83.9 Å². The summed E-state index contributed by atoms with van der Waals surface area (Å²) in [4.78, 5) is 11.5. The van der Waals surface area contributed by atoms with Crippen molar-refractivity contribution in [2.75, 3.05) is 0 Å². The molecule has 3 saturated carbocycles. The van der Waals surface area contributed by atoms with E-state index in [1.54, 1.807) is 6.92 Å². The second kappa shape index (κ2) is 4.93. The Balaban J connectivity index is 2.38. The highest BCUT2D eigenvalue weighted by atomic mass is 16.6. The average molecular weight is 300 g/mol. The van der Waals surface area contributed by atoms with Gasteiger partial charge in [0.1, 0.15) is 11.7 Å². The van der Waals surface area contributed by atoms with Crippen LogP contribution in [0.3, 0.4) is 0 Å². The molecule has 3 fully saturated rings. The first-order valence-corrected chi connectivity index (χ1v) is 7.63. The van der Waals surface area contributed by atoms with Crippen LogP contribution in [-0.4, -0.2) is 45.7 Å². The summed E-state index contributed by atoms with van der Waals surface area (Å²) in [6.45, 7) is 10.9. The first-order valence-electron chi connectivity index (χ1n) is 7.63. The molecule has 2 N–H and O–H groups in total.